The van der Waals surface area contributed by atoms with Crippen LogP contribution in [0.5, 0.6) is 0 Å². The van der Waals surface area contributed by atoms with Gasteiger partial charge in [0.25, 0.3) is 0 Å². The van der Waals surface area contributed by atoms with E-state index in [9.17, 15) is 9.59 Å². The van der Waals surface area contributed by atoms with E-state index in [0.29, 0.717) is 12.2 Å². The van der Waals surface area contributed by atoms with Crippen LogP contribution in [-0.4, -0.2) is 27.8 Å². The average Bonchev–Trinajstić information content (AvgIpc) is 2.00. The topological polar surface area (TPSA) is 49.4 Å². The minimum absolute atomic E-state index is 0.0946. The molecule has 2 rings (SSSR count). The summed E-state index contributed by atoms with van der Waals surface area (Å²) in [6.45, 7) is 1.45. The van der Waals surface area contributed by atoms with Gasteiger partial charge in [-0.3, -0.25) is 14.5 Å². The predicted molar refractivity (Wildman–Crippen MR) is 49.6 cm³/mol. The Balaban J connectivity index is 2.12. The molecule has 4 nitrogen and oxygen atoms in total. The summed E-state index contributed by atoms with van der Waals surface area (Å²) in [4.78, 5) is 23.6. The van der Waals surface area contributed by atoms with Crippen LogP contribution in [0.15, 0.2) is 11.9 Å². The smallest absolute Gasteiger partial charge is 0.232 e. The van der Waals surface area contributed by atoms with Gasteiger partial charge in [0.1, 0.15) is 5.82 Å². The Bertz CT molecular complexity index is 301. The first-order valence-corrected chi connectivity index (χ1v) is 5.15. The minimum Gasteiger partial charge on any atom is -0.312 e. The van der Waals surface area contributed by atoms with E-state index < -0.39 is 0 Å². The third-order valence-electron chi connectivity index (χ3n) is 2.03. The zero-order valence-electron chi connectivity index (χ0n) is 7.24. The maximum atomic E-state index is 11.2. The fourth-order valence-corrected chi connectivity index (χ4v) is 2.56. The van der Waals surface area contributed by atoms with Gasteiger partial charge in [-0.15, -0.1) is 11.8 Å². The third kappa shape index (κ3) is 1.44. The van der Waals surface area contributed by atoms with Crippen molar-refractivity contribution in [2.75, 3.05) is 5.75 Å². The molecule has 0 aromatic carbocycles. The van der Waals surface area contributed by atoms with E-state index in [0.717, 1.165) is 5.75 Å². The Morgan fingerprint density at radius 2 is 2.54 bits per heavy atom. The quantitative estimate of drug-likeness (QED) is 0.615. The van der Waals surface area contributed by atoms with E-state index >= 15 is 0 Å². The molecule has 0 spiro atoms. The lowest BCUT2D eigenvalue weighted by Crippen LogP contribution is -2.54. The van der Waals surface area contributed by atoms with Gasteiger partial charge in [-0.1, -0.05) is 0 Å². The average molecular weight is 198 g/mol. The van der Waals surface area contributed by atoms with Crippen molar-refractivity contribution in [1.82, 2.24) is 10.2 Å². The second-order valence-electron chi connectivity index (χ2n) is 3.03. The maximum absolute atomic E-state index is 11.2. The Morgan fingerprint density at radius 1 is 1.77 bits per heavy atom. The second kappa shape index (κ2) is 3.06. The van der Waals surface area contributed by atoms with E-state index in [4.69, 9.17) is 0 Å². The highest BCUT2D eigenvalue weighted by Gasteiger charge is 2.40. The molecule has 0 aliphatic carbocycles. The van der Waals surface area contributed by atoms with Gasteiger partial charge in [0.2, 0.25) is 11.8 Å². The summed E-state index contributed by atoms with van der Waals surface area (Å²) in [6, 6.07) is 0. The molecule has 13 heavy (non-hydrogen) atoms. The van der Waals surface area contributed by atoms with Gasteiger partial charge < -0.3 is 5.32 Å². The van der Waals surface area contributed by atoms with E-state index in [1.165, 1.54) is 6.92 Å². The van der Waals surface area contributed by atoms with E-state index in [-0.39, 0.29) is 17.2 Å². The molecule has 2 heterocycles. The molecular formula is C8H10N2O2S. The molecule has 1 N–H and O–H groups in total. The first-order valence-electron chi connectivity index (χ1n) is 4.10. The number of carbonyl (C=O) groups excluding carboxylic acids is 2. The van der Waals surface area contributed by atoms with Crippen molar-refractivity contribution in [2.45, 2.75) is 18.7 Å². The van der Waals surface area contributed by atoms with Crippen LogP contribution in [0.1, 0.15) is 13.3 Å². The fraction of sp³-hybridized carbons (Fsp3) is 0.500. The van der Waals surface area contributed by atoms with Crippen LogP contribution in [-0.2, 0) is 9.59 Å². The van der Waals surface area contributed by atoms with E-state index in [1.54, 1.807) is 16.7 Å². The molecule has 2 amide bonds. The number of fused-ring (bicyclic) bond motifs is 1. The summed E-state index contributed by atoms with van der Waals surface area (Å²) < 4.78 is 0. The SMILES string of the molecule is CC(=O)NC1=CCSC2CC(=O)N12. The van der Waals surface area contributed by atoms with Crippen LogP contribution in [0.4, 0.5) is 0 Å². The first-order chi connectivity index (χ1) is 6.18. The molecule has 1 saturated heterocycles. The Hall–Kier alpha value is -0.970. The minimum atomic E-state index is -0.128. The van der Waals surface area contributed by atoms with Crippen molar-refractivity contribution in [2.24, 2.45) is 0 Å². The van der Waals surface area contributed by atoms with Crippen molar-refractivity contribution >= 4 is 23.6 Å². The second-order valence-corrected chi connectivity index (χ2v) is 4.24. The van der Waals surface area contributed by atoms with Crippen LogP contribution in [0, 0.1) is 0 Å². The van der Waals surface area contributed by atoms with Gasteiger partial charge in [-0.05, 0) is 6.08 Å². The van der Waals surface area contributed by atoms with Crippen molar-refractivity contribution < 1.29 is 9.59 Å². The van der Waals surface area contributed by atoms with Gasteiger partial charge in [-0.25, -0.2) is 0 Å². The molecule has 1 unspecified atom stereocenters. The number of thioether (sulfide) groups is 1. The van der Waals surface area contributed by atoms with Crippen LogP contribution in [0.3, 0.4) is 0 Å². The van der Waals surface area contributed by atoms with E-state index in [1.807, 2.05) is 6.08 Å². The molecule has 1 atom stereocenters. The molecule has 5 heteroatoms. The van der Waals surface area contributed by atoms with E-state index in [2.05, 4.69) is 5.32 Å². The lowest BCUT2D eigenvalue weighted by Gasteiger charge is -2.43. The number of carbonyl (C=O) groups is 2. The van der Waals surface area contributed by atoms with Gasteiger partial charge in [0.05, 0.1) is 11.8 Å². The lowest BCUT2D eigenvalue weighted by molar-refractivity contribution is -0.139. The summed E-state index contributed by atoms with van der Waals surface area (Å²) in [5, 5.41) is 2.91. The summed E-state index contributed by atoms with van der Waals surface area (Å²) in [5.41, 5.74) is 0. The molecule has 2 aliphatic rings. The number of nitrogens with zero attached hydrogens (tertiary/aromatic N) is 1. The van der Waals surface area contributed by atoms with Gasteiger partial charge in [-0.2, -0.15) is 0 Å². The van der Waals surface area contributed by atoms with Gasteiger partial charge >= 0.3 is 0 Å². The monoisotopic (exact) mass is 198 g/mol. The van der Waals surface area contributed by atoms with Crippen molar-refractivity contribution in [3.8, 4) is 0 Å². The first kappa shape index (κ1) is 8.62. The summed E-state index contributed by atoms with van der Waals surface area (Å²) in [5.74, 6) is 1.49. The molecule has 0 bridgehead atoms. The predicted octanol–water partition coefficient (Wildman–Crippen LogP) is 0.269. The molecule has 0 radical (unpaired) electrons. The van der Waals surface area contributed by atoms with Crippen LogP contribution >= 0.6 is 11.8 Å². The number of amides is 2. The summed E-state index contributed by atoms with van der Waals surface area (Å²) in [6.07, 6.45) is 2.47. The van der Waals surface area contributed by atoms with Crippen molar-refractivity contribution in [3.63, 3.8) is 0 Å². The lowest BCUT2D eigenvalue weighted by atomic mass is 10.2. The Morgan fingerprint density at radius 3 is 3.15 bits per heavy atom. The zero-order valence-corrected chi connectivity index (χ0v) is 8.06. The normalized spacial score (nSPS) is 25.9. The molecule has 0 aromatic heterocycles. The molecule has 2 aliphatic heterocycles. The highest BCUT2D eigenvalue weighted by molar-refractivity contribution is 8.00. The highest BCUT2D eigenvalue weighted by atomic mass is 32.2. The summed E-state index contributed by atoms with van der Waals surface area (Å²) in [7, 11) is 0. The number of hydrogen-bond donors (Lipinski definition) is 1. The standard InChI is InChI=1S/C8H10N2O2S/c1-5(11)9-6-2-3-13-8-4-7(12)10(6)8/h2,8H,3-4H2,1H3,(H,9,11). The number of nitrogens with one attached hydrogen (secondary N) is 1. The van der Waals surface area contributed by atoms with Crippen LogP contribution in [0.25, 0.3) is 0 Å². The van der Waals surface area contributed by atoms with Crippen molar-refractivity contribution in [3.05, 3.63) is 11.9 Å². The maximum Gasteiger partial charge on any atom is 0.232 e. The van der Waals surface area contributed by atoms with Crippen LogP contribution in [0.2, 0.25) is 0 Å². The molecule has 1 fully saturated rings. The Labute approximate surface area is 80.3 Å². The zero-order chi connectivity index (χ0) is 9.42. The number of rotatable bonds is 1. The van der Waals surface area contributed by atoms with Gasteiger partial charge in [0, 0.05) is 12.7 Å². The third-order valence-corrected chi connectivity index (χ3v) is 3.16. The number of β-lactam (4-membered cyclic amide) rings is 1. The molecule has 70 valence electrons. The Kier molecular flexibility index (Phi) is 2.03. The molecular weight excluding hydrogens is 188 g/mol. The molecule has 0 saturated carbocycles. The summed E-state index contributed by atoms with van der Waals surface area (Å²) >= 11 is 1.72. The fourth-order valence-electron chi connectivity index (χ4n) is 1.44. The largest absolute Gasteiger partial charge is 0.312 e. The molecule has 0 aromatic rings. The highest BCUT2D eigenvalue weighted by Crippen LogP contribution is 2.35. The number of hydrogen-bond acceptors (Lipinski definition) is 3. The van der Waals surface area contributed by atoms with Crippen LogP contribution < -0.4 is 5.32 Å². The van der Waals surface area contributed by atoms with Gasteiger partial charge in [0.15, 0.2) is 0 Å². The van der Waals surface area contributed by atoms with Crippen molar-refractivity contribution in [1.29, 1.82) is 0 Å².